The maximum atomic E-state index is 12.2. The number of amides is 1. The number of nitrogens with zero attached hydrogens (tertiary/aromatic N) is 2. The van der Waals surface area contributed by atoms with E-state index in [1.165, 1.54) is 4.90 Å². The van der Waals surface area contributed by atoms with Crippen molar-refractivity contribution in [3.8, 4) is 6.07 Å². The molecule has 1 amide bonds. The summed E-state index contributed by atoms with van der Waals surface area (Å²) in [5.41, 5.74) is 6.93. The van der Waals surface area contributed by atoms with Crippen LogP contribution in [0.3, 0.4) is 0 Å². The maximum absolute atomic E-state index is 12.2. The third-order valence-corrected chi connectivity index (χ3v) is 3.12. The number of carbonyl (C=O) groups excluding carboxylic acids is 1. The normalized spacial score (nSPS) is 12.1. The van der Waals surface area contributed by atoms with Crippen LogP contribution in [-0.2, 0) is 0 Å². The lowest BCUT2D eigenvalue weighted by molar-refractivity contribution is 0.0716. The molecule has 2 rings (SSSR count). The second-order valence-corrected chi connectivity index (χ2v) is 4.54. The molecule has 1 aromatic heterocycles. The highest BCUT2D eigenvalue weighted by molar-refractivity contribution is 5.96. The zero-order chi connectivity index (χ0) is 14.0. The molecule has 1 atom stereocenters. The van der Waals surface area contributed by atoms with E-state index in [1.807, 2.05) is 13.0 Å². The van der Waals surface area contributed by atoms with Crippen molar-refractivity contribution in [1.29, 1.82) is 5.26 Å². The van der Waals surface area contributed by atoms with E-state index in [9.17, 15) is 4.79 Å². The minimum Gasteiger partial charge on any atom is -0.451 e. The van der Waals surface area contributed by atoms with Gasteiger partial charge in [0.15, 0.2) is 5.76 Å². The standard InChI is InChI=1S/C14H15N3O2/c1-9(5-6-15)17(2)14(18)13-8-10-7-11(16)3-4-12(10)19-13/h3-4,7-9H,5,16H2,1-2H3. The maximum Gasteiger partial charge on any atom is 0.289 e. The van der Waals surface area contributed by atoms with Crippen LogP contribution < -0.4 is 5.73 Å². The number of nitrogen functional groups attached to an aromatic ring is 1. The fourth-order valence-electron chi connectivity index (χ4n) is 1.81. The number of fused-ring (bicyclic) bond motifs is 1. The summed E-state index contributed by atoms with van der Waals surface area (Å²) in [6.45, 7) is 1.82. The molecule has 2 N–H and O–H groups in total. The zero-order valence-corrected chi connectivity index (χ0v) is 10.9. The summed E-state index contributed by atoms with van der Waals surface area (Å²) in [6.07, 6.45) is 0.287. The third-order valence-electron chi connectivity index (χ3n) is 3.12. The Morgan fingerprint density at radius 3 is 2.95 bits per heavy atom. The van der Waals surface area contributed by atoms with E-state index < -0.39 is 0 Å². The molecule has 0 saturated heterocycles. The van der Waals surface area contributed by atoms with Crippen LogP contribution >= 0.6 is 0 Å². The highest BCUT2D eigenvalue weighted by Crippen LogP contribution is 2.23. The molecular weight excluding hydrogens is 242 g/mol. The Hall–Kier alpha value is -2.48. The number of hydrogen-bond donors (Lipinski definition) is 1. The summed E-state index contributed by atoms with van der Waals surface area (Å²) in [7, 11) is 1.66. The molecule has 1 unspecified atom stereocenters. The molecule has 0 aliphatic rings. The molecule has 1 aromatic carbocycles. The van der Waals surface area contributed by atoms with Gasteiger partial charge in [-0.3, -0.25) is 4.79 Å². The van der Waals surface area contributed by atoms with Crippen LogP contribution in [0.2, 0.25) is 0 Å². The van der Waals surface area contributed by atoms with Crippen LogP contribution in [0.25, 0.3) is 11.0 Å². The van der Waals surface area contributed by atoms with Crippen molar-refractivity contribution in [1.82, 2.24) is 4.90 Å². The van der Waals surface area contributed by atoms with E-state index in [1.54, 1.807) is 31.3 Å². The van der Waals surface area contributed by atoms with Gasteiger partial charge in [-0.1, -0.05) is 0 Å². The number of nitrogens with two attached hydrogens (primary N) is 1. The molecule has 0 saturated carbocycles. The monoisotopic (exact) mass is 257 g/mol. The van der Waals surface area contributed by atoms with Gasteiger partial charge in [-0.2, -0.15) is 5.26 Å². The molecule has 0 spiro atoms. The number of nitriles is 1. The summed E-state index contributed by atoms with van der Waals surface area (Å²) in [6, 6.07) is 8.78. The lowest BCUT2D eigenvalue weighted by atomic mass is 10.2. The molecule has 98 valence electrons. The first-order valence-electron chi connectivity index (χ1n) is 5.96. The van der Waals surface area contributed by atoms with Crippen molar-refractivity contribution in [3.63, 3.8) is 0 Å². The van der Waals surface area contributed by atoms with Gasteiger partial charge < -0.3 is 15.1 Å². The molecule has 0 aliphatic carbocycles. The fraction of sp³-hybridized carbons (Fsp3) is 0.286. The first kappa shape index (κ1) is 13.0. The minimum atomic E-state index is -0.238. The molecule has 1 heterocycles. The average Bonchev–Trinajstić information content (AvgIpc) is 2.80. The Kier molecular flexibility index (Phi) is 3.43. The number of benzene rings is 1. The van der Waals surface area contributed by atoms with E-state index in [4.69, 9.17) is 15.4 Å². The quantitative estimate of drug-likeness (QED) is 0.856. The highest BCUT2D eigenvalue weighted by Gasteiger charge is 2.20. The Morgan fingerprint density at radius 2 is 2.26 bits per heavy atom. The zero-order valence-electron chi connectivity index (χ0n) is 10.9. The van der Waals surface area contributed by atoms with Gasteiger partial charge in [-0.05, 0) is 31.2 Å². The molecule has 0 bridgehead atoms. The van der Waals surface area contributed by atoms with Gasteiger partial charge in [0.05, 0.1) is 12.5 Å². The molecule has 0 fully saturated rings. The van der Waals surface area contributed by atoms with Gasteiger partial charge in [0.25, 0.3) is 5.91 Å². The third kappa shape index (κ3) is 2.52. The van der Waals surface area contributed by atoms with Gasteiger partial charge in [-0.15, -0.1) is 0 Å². The molecule has 19 heavy (non-hydrogen) atoms. The van der Waals surface area contributed by atoms with E-state index in [2.05, 4.69) is 0 Å². The van der Waals surface area contributed by atoms with Gasteiger partial charge >= 0.3 is 0 Å². The lowest BCUT2D eigenvalue weighted by Gasteiger charge is -2.21. The summed E-state index contributed by atoms with van der Waals surface area (Å²) in [5.74, 6) is 0.0189. The Balaban J connectivity index is 2.29. The van der Waals surface area contributed by atoms with Crippen LogP contribution in [-0.4, -0.2) is 23.9 Å². The van der Waals surface area contributed by atoms with Crippen molar-refractivity contribution >= 4 is 22.6 Å². The molecule has 0 radical (unpaired) electrons. The van der Waals surface area contributed by atoms with Crippen LogP contribution in [0.4, 0.5) is 5.69 Å². The van der Waals surface area contributed by atoms with Gasteiger partial charge in [0.1, 0.15) is 5.58 Å². The second kappa shape index (κ2) is 5.02. The van der Waals surface area contributed by atoms with E-state index >= 15 is 0 Å². The summed E-state index contributed by atoms with van der Waals surface area (Å²) in [5, 5.41) is 9.45. The number of anilines is 1. The summed E-state index contributed by atoms with van der Waals surface area (Å²) >= 11 is 0. The van der Waals surface area contributed by atoms with Crippen molar-refractivity contribution in [2.45, 2.75) is 19.4 Å². The summed E-state index contributed by atoms with van der Waals surface area (Å²) < 4.78 is 5.50. The number of carbonyl (C=O) groups is 1. The highest BCUT2D eigenvalue weighted by atomic mass is 16.3. The average molecular weight is 257 g/mol. The Bertz CT molecular complexity index is 654. The number of furan rings is 1. The molecule has 5 nitrogen and oxygen atoms in total. The first-order chi connectivity index (χ1) is 9.02. The predicted molar refractivity (Wildman–Crippen MR) is 72.4 cm³/mol. The van der Waals surface area contributed by atoms with Crippen LogP contribution in [0.5, 0.6) is 0 Å². The number of rotatable bonds is 3. The number of hydrogen-bond acceptors (Lipinski definition) is 4. The van der Waals surface area contributed by atoms with E-state index in [-0.39, 0.29) is 24.1 Å². The SMILES string of the molecule is CC(CC#N)N(C)C(=O)c1cc2cc(N)ccc2o1. The Labute approximate surface area is 111 Å². The van der Waals surface area contributed by atoms with Crippen LogP contribution in [0, 0.1) is 11.3 Å². The van der Waals surface area contributed by atoms with Crippen LogP contribution in [0.1, 0.15) is 23.9 Å². The second-order valence-electron chi connectivity index (χ2n) is 4.54. The molecule has 2 aromatic rings. The molecule has 0 aliphatic heterocycles. The van der Waals surface area contributed by atoms with Gasteiger partial charge in [0.2, 0.25) is 0 Å². The minimum absolute atomic E-state index is 0.157. The predicted octanol–water partition coefficient (Wildman–Crippen LogP) is 2.39. The van der Waals surface area contributed by atoms with E-state index in [0.29, 0.717) is 11.3 Å². The van der Waals surface area contributed by atoms with Crippen molar-refractivity contribution in [3.05, 3.63) is 30.0 Å². The van der Waals surface area contributed by atoms with Gasteiger partial charge in [0, 0.05) is 24.2 Å². The molecule has 5 heteroatoms. The fourth-order valence-corrected chi connectivity index (χ4v) is 1.81. The summed E-state index contributed by atoms with van der Waals surface area (Å²) in [4.78, 5) is 13.7. The lowest BCUT2D eigenvalue weighted by Crippen LogP contribution is -2.34. The van der Waals surface area contributed by atoms with E-state index in [0.717, 1.165) is 5.39 Å². The van der Waals surface area contributed by atoms with Gasteiger partial charge in [-0.25, -0.2) is 0 Å². The van der Waals surface area contributed by atoms with Crippen molar-refractivity contribution in [2.24, 2.45) is 0 Å². The Morgan fingerprint density at radius 1 is 1.53 bits per heavy atom. The smallest absolute Gasteiger partial charge is 0.289 e. The topological polar surface area (TPSA) is 83.3 Å². The largest absolute Gasteiger partial charge is 0.451 e. The first-order valence-corrected chi connectivity index (χ1v) is 5.96. The molecular formula is C14H15N3O2. The van der Waals surface area contributed by atoms with Crippen LogP contribution in [0.15, 0.2) is 28.7 Å². The van der Waals surface area contributed by atoms with Crippen molar-refractivity contribution in [2.75, 3.05) is 12.8 Å². The van der Waals surface area contributed by atoms with Crippen molar-refractivity contribution < 1.29 is 9.21 Å².